The maximum atomic E-state index is 5.94. The Bertz CT molecular complexity index is 566. The highest BCUT2D eigenvalue weighted by Crippen LogP contribution is 2.26. The highest BCUT2D eigenvalue weighted by atomic mass is 15.0. The van der Waals surface area contributed by atoms with Crippen LogP contribution in [-0.4, -0.2) is 4.98 Å². The van der Waals surface area contributed by atoms with E-state index in [4.69, 9.17) is 5.73 Å². The number of nitrogens with two attached hydrogens (primary N) is 1. The second kappa shape index (κ2) is 4.92. The van der Waals surface area contributed by atoms with E-state index in [-0.39, 0.29) is 5.41 Å². The zero-order valence-electron chi connectivity index (χ0n) is 12.0. The number of nitrogens with one attached hydrogen (secondary N) is 1. The number of benzene rings is 1. The first-order valence-electron chi connectivity index (χ1n) is 6.46. The molecule has 0 atom stereocenters. The van der Waals surface area contributed by atoms with Crippen molar-refractivity contribution in [2.24, 2.45) is 0 Å². The highest BCUT2D eigenvalue weighted by Gasteiger charge is 2.12. The van der Waals surface area contributed by atoms with E-state index in [1.807, 2.05) is 19.2 Å². The molecule has 0 radical (unpaired) electrons. The number of hydrogen-bond acceptors (Lipinski definition) is 3. The van der Waals surface area contributed by atoms with Crippen LogP contribution in [0.1, 0.15) is 31.9 Å². The van der Waals surface area contributed by atoms with E-state index in [0.29, 0.717) is 11.5 Å². The third-order valence-electron chi connectivity index (χ3n) is 3.07. The van der Waals surface area contributed by atoms with Gasteiger partial charge in [0.05, 0.1) is 5.69 Å². The Labute approximate surface area is 114 Å². The van der Waals surface area contributed by atoms with Gasteiger partial charge in [0.1, 0.15) is 0 Å². The smallest absolute Gasteiger partial charge is 0.153 e. The van der Waals surface area contributed by atoms with Crippen molar-refractivity contribution in [3.05, 3.63) is 47.7 Å². The summed E-state index contributed by atoms with van der Waals surface area (Å²) >= 11 is 0. The molecule has 1 aromatic carbocycles. The maximum Gasteiger partial charge on any atom is 0.153 e. The lowest BCUT2D eigenvalue weighted by Gasteiger charge is -2.19. The van der Waals surface area contributed by atoms with Crippen molar-refractivity contribution >= 4 is 17.2 Å². The van der Waals surface area contributed by atoms with Gasteiger partial charge in [-0.1, -0.05) is 32.9 Å². The van der Waals surface area contributed by atoms with Gasteiger partial charge >= 0.3 is 0 Å². The Morgan fingerprint density at radius 1 is 1.11 bits per heavy atom. The van der Waals surface area contributed by atoms with Crippen molar-refractivity contribution in [1.29, 1.82) is 0 Å². The fraction of sp³-hybridized carbons (Fsp3) is 0.312. The average molecular weight is 255 g/mol. The molecule has 3 heteroatoms. The number of aryl methyl sites for hydroxylation is 1. The lowest BCUT2D eigenvalue weighted by molar-refractivity contribution is 0.590. The van der Waals surface area contributed by atoms with Gasteiger partial charge in [0.2, 0.25) is 0 Å². The highest BCUT2D eigenvalue weighted by molar-refractivity contribution is 5.69. The molecule has 0 aliphatic heterocycles. The summed E-state index contributed by atoms with van der Waals surface area (Å²) in [5.41, 5.74) is 10.1. The number of rotatable bonds is 2. The molecule has 0 aliphatic rings. The molecule has 0 aliphatic carbocycles. The van der Waals surface area contributed by atoms with Crippen LogP contribution in [0.25, 0.3) is 0 Å². The number of pyridine rings is 1. The Morgan fingerprint density at radius 3 is 2.26 bits per heavy atom. The zero-order valence-corrected chi connectivity index (χ0v) is 12.0. The molecular weight excluding hydrogens is 234 g/mol. The van der Waals surface area contributed by atoms with Gasteiger partial charge in [-0.3, -0.25) is 0 Å². The minimum Gasteiger partial charge on any atom is -0.396 e. The van der Waals surface area contributed by atoms with Crippen LogP contribution in [0.3, 0.4) is 0 Å². The van der Waals surface area contributed by atoms with Gasteiger partial charge in [0.25, 0.3) is 0 Å². The average Bonchev–Trinajstić information content (AvgIpc) is 2.32. The van der Waals surface area contributed by atoms with E-state index in [0.717, 1.165) is 11.3 Å². The second-order valence-corrected chi connectivity index (χ2v) is 5.90. The minimum atomic E-state index is 0.166. The van der Waals surface area contributed by atoms with Gasteiger partial charge < -0.3 is 11.1 Å². The van der Waals surface area contributed by atoms with Crippen LogP contribution in [0.5, 0.6) is 0 Å². The molecule has 0 amide bonds. The standard InChI is InChI=1S/C16H21N3/c1-11-9-14(17)15(18-10-11)19-13-7-5-12(6-8-13)16(2,3)4/h5-10H,17H2,1-4H3,(H,18,19). The van der Waals surface area contributed by atoms with Crippen molar-refractivity contribution in [3.8, 4) is 0 Å². The predicted octanol–water partition coefficient (Wildman–Crippen LogP) is 4.01. The van der Waals surface area contributed by atoms with Crippen LogP contribution in [-0.2, 0) is 5.41 Å². The molecule has 2 rings (SSSR count). The maximum absolute atomic E-state index is 5.94. The summed E-state index contributed by atoms with van der Waals surface area (Å²) in [6, 6.07) is 10.3. The van der Waals surface area contributed by atoms with E-state index in [1.165, 1.54) is 5.56 Å². The molecule has 19 heavy (non-hydrogen) atoms. The van der Waals surface area contributed by atoms with Crippen molar-refractivity contribution in [1.82, 2.24) is 4.98 Å². The topological polar surface area (TPSA) is 50.9 Å². The lowest BCUT2D eigenvalue weighted by atomic mass is 9.87. The fourth-order valence-electron chi connectivity index (χ4n) is 1.89. The molecule has 0 spiro atoms. The van der Waals surface area contributed by atoms with Crippen LogP contribution in [0.15, 0.2) is 36.5 Å². The Hall–Kier alpha value is -2.03. The first kappa shape index (κ1) is 13.4. The molecule has 0 saturated heterocycles. The van der Waals surface area contributed by atoms with Crippen LogP contribution >= 0.6 is 0 Å². The van der Waals surface area contributed by atoms with Crippen molar-refractivity contribution in [2.75, 3.05) is 11.1 Å². The molecule has 3 N–H and O–H groups in total. The second-order valence-electron chi connectivity index (χ2n) is 5.90. The quantitative estimate of drug-likeness (QED) is 0.852. The van der Waals surface area contributed by atoms with Crippen molar-refractivity contribution in [2.45, 2.75) is 33.1 Å². The van der Waals surface area contributed by atoms with Gasteiger partial charge in [-0.05, 0) is 41.7 Å². The Balaban J connectivity index is 2.20. The molecule has 0 saturated carbocycles. The van der Waals surface area contributed by atoms with E-state index in [9.17, 15) is 0 Å². The van der Waals surface area contributed by atoms with E-state index in [2.05, 4.69) is 55.3 Å². The number of nitrogens with zero attached hydrogens (tertiary/aromatic N) is 1. The van der Waals surface area contributed by atoms with Crippen molar-refractivity contribution in [3.63, 3.8) is 0 Å². The number of nitrogen functional groups attached to an aromatic ring is 1. The molecule has 0 unspecified atom stereocenters. The third kappa shape index (κ3) is 3.25. The largest absolute Gasteiger partial charge is 0.396 e. The van der Waals surface area contributed by atoms with Crippen LogP contribution in [0.2, 0.25) is 0 Å². The van der Waals surface area contributed by atoms with E-state index in [1.54, 1.807) is 0 Å². The minimum absolute atomic E-state index is 0.166. The molecule has 0 bridgehead atoms. The molecular formula is C16H21N3. The van der Waals surface area contributed by atoms with Crippen molar-refractivity contribution < 1.29 is 0 Å². The summed E-state index contributed by atoms with van der Waals surface area (Å²) in [5, 5.41) is 3.24. The Kier molecular flexibility index (Phi) is 3.47. The normalized spacial score (nSPS) is 11.4. The summed E-state index contributed by atoms with van der Waals surface area (Å²) in [6.07, 6.45) is 1.81. The summed E-state index contributed by atoms with van der Waals surface area (Å²) < 4.78 is 0. The first-order valence-corrected chi connectivity index (χ1v) is 6.46. The van der Waals surface area contributed by atoms with Crippen LogP contribution in [0.4, 0.5) is 17.2 Å². The molecule has 1 heterocycles. The molecule has 0 fully saturated rings. The van der Waals surface area contributed by atoms with Gasteiger partial charge in [-0.15, -0.1) is 0 Å². The summed E-state index contributed by atoms with van der Waals surface area (Å²) in [4.78, 5) is 4.31. The van der Waals surface area contributed by atoms with E-state index >= 15 is 0 Å². The Morgan fingerprint density at radius 2 is 1.74 bits per heavy atom. The fourth-order valence-corrected chi connectivity index (χ4v) is 1.89. The summed E-state index contributed by atoms with van der Waals surface area (Å²) in [7, 11) is 0. The molecule has 3 nitrogen and oxygen atoms in total. The summed E-state index contributed by atoms with van der Waals surface area (Å²) in [6.45, 7) is 8.59. The monoisotopic (exact) mass is 255 g/mol. The molecule has 100 valence electrons. The molecule has 1 aromatic heterocycles. The van der Waals surface area contributed by atoms with Gasteiger partial charge in [-0.25, -0.2) is 4.98 Å². The third-order valence-corrected chi connectivity index (χ3v) is 3.07. The molecule has 2 aromatic rings. The number of hydrogen-bond donors (Lipinski definition) is 2. The summed E-state index contributed by atoms with van der Waals surface area (Å²) in [5.74, 6) is 0.703. The first-order chi connectivity index (χ1) is 8.86. The lowest BCUT2D eigenvalue weighted by Crippen LogP contribution is -2.10. The van der Waals surface area contributed by atoms with Crippen LogP contribution < -0.4 is 11.1 Å². The van der Waals surface area contributed by atoms with Crippen LogP contribution in [0, 0.1) is 6.92 Å². The number of anilines is 3. The van der Waals surface area contributed by atoms with Gasteiger partial charge in [-0.2, -0.15) is 0 Å². The number of aromatic nitrogens is 1. The SMILES string of the molecule is Cc1cnc(Nc2ccc(C(C)(C)C)cc2)c(N)c1. The van der Waals surface area contributed by atoms with Gasteiger partial charge in [0, 0.05) is 11.9 Å². The zero-order chi connectivity index (χ0) is 14.0. The van der Waals surface area contributed by atoms with E-state index < -0.39 is 0 Å². The predicted molar refractivity (Wildman–Crippen MR) is 81.8 cm³/mol. The van der Waals surface area contributed by atoms with Gasteiger partial charge in [0.15, 0.2) is 5.82 Å².